The molecule has 1 heterocycles. The van der Waals surface area contributed by atoms with Crippen LogP contribution in [0.5, 0.6) is 5.75 Å². The van der Waals surface area contributed by atoms with Gasteiger partial charge in [-0.2, -0.15) is 26.3 Å². The van der Waals surface area contributed by atoms with E-state index >= 15 is 0 Å². The third-order valence-corrected chi connectivity index (χ3v) is 2.48. The monoisotopic (exact) mass is 302 g/mol. The lowest BCUT2D eigenvalue weighted by Crippen LogP contribution is -2.46. The number of ether oxygens (including phenoxy) is 1. The van der Waals surface area contributed by atoms with Crippen LogP contribution >= 0.6 is 0 Å². The maximum Gasteiger partial charge on any atom is 0.434 e. The molecule has 0 saturated heterocycles. The first-order valence-corrected chi connectivity index (χ1v) is 5.49. The third-order valence-electron chi connectivity index (χ3n) is 2.48. The second kappa shape index (κ2) is 5.86. The Balaban J connectivity index is 2.90. The van der Waals surface area contributed by atoms with E-state index in [4.69, 9.17) is 0 Å². The van der Waals surface area contributed by atoms with Crippen molar-refractivity contribution in [2.75, 3.05) is 7.05 Å². The predicted octanol–water partition coefficient (Wildman–Crippen LogP) is 3.23. The number of alkyl halides is 6. The largest absolute Gasteiger partial charge is 0.470 e. The fourth-order valence-corrected chi connectivity index (χ4v) is 1.32. The number of nitrogens with zero attached hydrogens (tertiary/aromatic N) is 1. The summed E-state index contributed by atoms with van der Waals surface area (Å²) in [6.45, 7) is 1.73. The van der Waals surface area contributed by atoms with E-state index in [-0.39, 0.29) is 6.04 Å². The van der Waals surface area contributed by atoms with Crippen LogP contribution in [0, 0.1) is 0 Å². The van der Waals surface area contributed by atoms with Gasteiger partial charge in [-0.25, -0.2) is 0 Å². The Morgan fingerprint density at radius 3 is 2.00 bits per heavy atom. The summed E-state index contributed by atoms with van der Waals surface area (Å²) in [4.78, 5) is 3.74. The molecule has 9 heteroatoms. The Morgan fingerprint density at radius 1 is 1.10 bits per heavy atom. The van der Waals surface area contributed by atoms with Crippen LogP contribution in [0.4, 0.5) is 26.3 Å². The minimum atomic E-state index is -5.55. The first-order chi connectivity index (χ1) is 9.05. The van der Waals surface area contributed by atoms with Crippen molar-refractivity contribution in [1.29, 1.82) is 0 Å². The zero-order valence-electron chi connectivity index (χ0n) is 10.5. The van der Waals surface area contributed by atoms with Crippen LogP contribution in [0.15, 0.2) is 18.3 Å². The van der Waals surface area contributed by atoms with Crippen molar-refractivity contribution in [3.05, 3.63) is 24.0 Å². The van der Waals surface area contributed by atoms with E-state index in [9.17, 15) is 26.3 Å². The molecule has 114 valence electrons. The van der Waals surface area contributed by atoms with Gasteiger partial charge in [0.25, 0.3) is 6.10 Å². The summed E-state index contributed by atoms with van der Waals surface area (Å²) in [5, 5.41) is 2.83. The van der Waals surface area contributed by atoms with E-state index in [2.05, 4.69) is 15.0 Å². The second-order valence-electron chi connectivity index (χ2n) is 4.01. The van der Waals surface area contributed by atoms with Crippen LogP contribution < -0.4 is 10.1 Å². The molecule has 1 N–H and O–H groups in total. The average molecular weight is 302 g/mol. The van der Waals surface area contributed by atoms with Gasteiger partial charge in [0.2, 0.25) is 0 Å². The molecule has 1 rings (SSSR count). The molecule has 0 aliphatic carbocycles. The van der Waals surface area contributed by atoms with Gasteiger partial charge in [-0.15, -0.1) is 0 Å². The summed E-state index contributed by atoms with van der Waals surface area (Å²) in [6.07, 6.45) is -14.1. The molecule has 1 aromatic heterocycles. The van der Waals surface area contributed by atoms with Crippen molar-refractivity contribution in [2.24, 2.45) is 0 Å². The van der Waals surface area contributed by atoms with Crippen LogP contribution in [-0.4, -0.2) is 30.5 Å². The normalized spacial score (nSPS) is 14.4. The number of rotatable bonds is 4. The van der Waals surface area contributed by atoms with Crippen LogP contribution in [-0.2, 0) is 0 Å². The number of hydrogen-bond donors (Lipinski definition) is 1. The van der Waals surface area contributed by atoms with Crippen LogP contribution in [0.2, 0.25) is 0 Å². The third kappa shape index (κ3) is 4.26. The van der Waals surface area contributed by atoms with Gasteiger partial charge < -0.3 is 10.1 Å². The molecule has 0 fully saturated rings. The van der Waals surface area contributed by atoms with Crippen molar-refractivity contribution in [1.82, 2.24) is 10.3 Å². The van der Waals surface area contributed by atoms with Gasteiger partial charge in [0.05, 0.1) is 11.9 Å². The fraction of sp³-hybridized carbons (Fsp3) is 0.545. The molecular weight excluding hydrogens is 290 g/mol. The van der Waals surface area contributed by atoms with Gasteiger partial charge >= 0.3 is 12.4 Å². The van der Waals surface area contributed by atoms with Crippen LogP contribution in [0.1, 0.15) is 18.7 Å². The molecule has 1 atom stereocenters. The van der Waals surface area contributed by atoms with Crippen molar-refractivity contribution < 1.29 is 31.1 Å². The van der Waals surface area contributed by atoms with Gasteiger partial charge in [0.15, 0.2) is 0 Å². The van der Waals surface area contributed by atoms with Crippen molar-refractivity contribution in [3.63, 3.8) is 0 Å². The minimum absolute atomic E-state index is 0.190. The average Bonchev–Trinajstić information content (AvgIpc) is 2.33. The van der Waals surface area contributed by atoms with E-state index in [1.54, 1.807) is 14.0 Å². The molecule has 0 saturated carbocycles. The molecule has 1 aromatic rings. The van der Waals surface area contributed by atoms with Gasteiger partial charge in [-0.3, -0.25) is 4.98 Å². The Bertz CT molecular complexity index is 414. The van der Waals surface area contributed by atoms with Crippen LogP contribution in [0.25, 0.3) is 0 Å². The standard InChI is InChI=1S/C11H12F6N2O/c1-6(18-2)8-4-3-7(5-19-8)20-9(10(12,13)14)11(15,16)17/h3-6,9,18H,1-2H3. The van der Waals surface area contributed by atoms with Gasteiger partial charge in [-0.05, 0) is 26.1 Å². The maximum atomic E-state index is 12.3. The summed E-state index contributed by atoms with van der Waals surface area (Å²) in [7, 11) is 1.64. The summed E-state index contributed by atoms with van der Waals surface area (Å²) in [6, 6.07) is 2.12. The first kappa shape index (κ1) is 16.5. The quantitative estimate of drug-likeness (QED) is 0.867. The number of hydrogen-bond acceptors (Lipinski definition) is 3. The molecule has 0 bridgehead atoms. The Labute approximate surface area is 110 Å². The number of pyridine rings is 1. The number of nitrogens with one attached hydrogen (secondary N) is 1. The van der Waals surface area contributed by atoms with Gasteiger partial charge in [0.1, 0.15) is 5.75 Å². The summed E-state index contributed by atoms with van der Waals surface area (Å²) in [5.41, 5.74) is 0.468. The van der Waals surface area contributed by atoms with E-state index in [0.29, 0.717) is 5.69 Å². The highest BCUT2D eigenvalue weighted by atomic mass is 19.4. The molecular formula is C11H12F6N2O. The van der Waals surface area contributed by atoms with Gasteiger partial charge in [0, 0.05) is 6.04 Å². The van der Waals surface area contributed by atoms with E-state index in [1.165, 1.54) is 6.07 Å². The topological polar surface area (TPSA) is 34.1 Å². The summed E-state index contributed by atoms with van der Waals surface area (Å²) < 4.78 is 77.7. The summed E-state index contributed by atoms with van der Waals surface area (Å²) >= 11 is 0. The number of halogens is 6. The lowest BCUT2D eigenvalue weighted by molar-refractivity contribution is -0.299. The molecule has 0 aliphatic rings. The lowest BCUT2D eigenvalue weighted by atomic mass is 10.2. The van der Waals surface area contributed by atoms with Crippen molar-refractivity contribution >= 4 is 0 Å². The van der Waals surface area contributed by atoms with E-state index < -0.39 is 24.2 Å². The molecule has 3 nitrogen and oxygen atoms in total. The second-order valence-corrected chi connectivity index (χ2v) is 4.01. The van der Waals surface area contributed by atoms with E-state index in [0.717, 1.165) is 12.3 Å². The first-order valence-electron chi connectivity index (χ1n) is 5.49. The highest BCUT2D eigenvalue weighted by molar-refractivity contribution is 5.22. The van der Waals surface area contributed by atoms with Crippen molar-refractivity contribution in [3.8, 4) is 5.75 Å². The smallest absolute Gasteiger partial charge is 0.434 e. The Morgan fingerprint density at radius 2 is 1.65 bits per heavy atom. The molecule has 20 heavy (non-hydrogen) atoms. The Kier molecular flexibility index (Phi) is 4.85. The zero-order valence-corrected chi connectivity index (χ0v) is 10.5. The summed E-state index contributed by atoms with van der Waals surface area (Å²) in [5.74, 6) is -0.600. The molecule has 0 radical (unpaired) electrons. The molecule has 1 unspecified atom stereocenters. The Hall–Kier alpha value is -1.51. The highest BCUT2D eigenvalue weighted by Crippen LogP contribution is 2.36. The number of aromatic nitrogens is 1. The highest BCUT2D eigenvalue weighted by Gasteiger charge is 2.59. The van der Waals surface area contributed by atoms with Crippen molar-refractivity contribution in [2.45, 2.75) is 31.4 Å². The fourth-order valence-electron chi connectivity index (χ4n) is 1.32. The molecule has 0 amide bonds. The SMILES string of the molecule is CNC(C)c1ccc(OC(C(F)(F)F)C(F)(F)F)cn1. The maximum absolute atomic E-state index is 12.3. The van der Waals surface area contributed by atoms with Crippen LogP contribution in [0.3, 0.4) is 0 Å². The molecule has 0 spiro atoms. The van der Waals surface area contributed by atoms with E-state index in [1.807, 2.05) is 0 Å². The lowest BCUT2D eigenvalue weighted by Gasteiger charge is -2.23. The minimum Gasteiger partial charge on any atom is -0.470 e. The van der Waals surface area contributed by atoms with Gasteiger partial charge in [-0.1, -0.05) is 0 Å². The molecule has 0 aliphatic heterocycles. The zero-order chi connectivity index (χ0) is 15.6. The molecule has 0 aromatic carbocycles. The predicted molar refractivity (Wildman–Crippen MR) is 58.2 cm³/mol.